The molecule has 5 nitrogen and oxygen atoms in total. The summed E-state index contributed by atoms with van der Waals surface area (Å²) in [5, 5.41) is 10.6. The van der Waals surface area contributed by atoms with Crippen molar-refractivity contribution in [3.05, 3.63) is 17.5 Å². The molecule has 2 N–H and O–H groups in total. The SMILES string of the molecule is CCc1cc(C(=O)NCC2CCCNC2)n(C)n1. The minimum absolute atomic E-state index is 0.0183. The molecule has 0 aliphatic carbocycles. The molecule has 0 saturated carbocycles. The van der Waals surface area contributed by atoms with Gasteiger partial charge in [0.2, 0.25) is 0 Å². The summed E-state index contributed by atoms with van der Waals surface area (Å²) in [5.74, 6) is 0.539. The molecule has 0 aromatic carbocycles. The van der Waals surface area contributed by atoms with Gasteiger partial charge in [0.25, 0.3) is 5.91 Å². The first-order valence-electron chi connectivity index (χ1n) is 6.72. The van der Waals surface area contributed by atoms with Gasteiger partial charge in [-0.05, 0) is 44.3 Å². The van der Waals surface area contributed by atoms with E-state index in [1.807, 2.05) is 20.0 Å². The van der Waals surface area contributed by atoms with Gasteiger partial charge < -0.3 is 10.6 Å². The quantitative estimate of drug-likeness (QED) is 0.827. The fraction of sp³-hybridized carbons (Fsp3) is 0.692. The number of carbonyl (C=O) groups excluding carboxylic acids is 1. The van der Waals surface area contributed by atoms with Crippen LogP contribution in [0.4, 0.5) is 0 Å². The number of nitrogens with zero attached hydrogens (tertiary/aromatic N) is 2. The summed E-state index contributed by atoms with van der Waals surface area (Å²) >= 11 is 0. The first-order valence-corrected chi connectivity index (χ1v) is 6.72. The summed E-state index contributed by atoms with van der Waals surface area (Å²) in [6.07, 6.45) is 3.25. The van der Waals surface area contributed by atoms with Gasteiger partial charge in [0.05, 0.1) is 5.69 Å². The molecule has 1 aromatic heterocycles. The van der Waals surface area contributed by atoms with Crippen LogP contribution in [0.5, 0.6) is 0 Å². The number of rotatable bonds is 4. The van der Waals surface area contributed by atoms with Gasteiger partial charge in [-0.25, -0.2) is 0 Å². The van der Waals surface area contributed by atoms with E-state index in [4.69, 9.17) is 0 Å². The summed E-state index contributed by atoms with van der Waals surface area (Å²) in [7, 11) is 1.82. The zero-order valence-corrected chi connectivity index (χ0v) is 11.2. The van der Waals surface area contributed by atoms with Crippen molar-refractivity contribution in [2.24, 2.45) is 13.0 Å². The predicted molar refractivity (Wildman–Crippen MR) is 70.5 cm³/mol. The van der Waals surface area contributed by atoms with Crippen molar-refractivity contribution >= 4 is 5.91 Å². The van der Waals surface area contributed by atoms with Crippen molar-refractivity contribution in [2.75, 3.05) is 19.6 Å². The second kappa shape index (κ2) is 6.00. The molecule has 0 radical (unpaired) electrons. The van der Waals surface area contributed by atoms with Crippen LogP contribution in [0.15, 0.2) is 6.07 Å². The fourth-order valence-electron chi connectivity index (χ4n) is 2.34. The van der Waals surface area contributed by atoms with Gasteiger partial charge in [-0.3, -0.25) is 9.48 Å². The van der Waals surface area contributed by atoms with Crippen molar-refractivity contribution in [3.63, 3.8) is 0 Å². The van der Waals surface area contributed by atoms with Crippen LogP contribution in [0.3, 0.4) is 0 Å². The molecule has 100 valence electrons. The van der Waals surface area contributed by atoms with Crippen LogP contribution in [0.1, 0.15) is 35.9 Å². The van der Waals surface area contributed by atoms with Crippen LogP contribution in [0.2, 0.25) is 0 Å². The Hall–Kier alpha value is -1.36. The van der Waals surface area contributed by atoms with E-state index >= 15 is 0 Å². The Morgan fingerprint density at radius 3 is 3.11 bits per heavy atom. The highest BCUT2D eigenvalue weighted by molar-refractivity contribution is 5.92. The monoisotopic (exact) mass is 250 g/mol. The van der Waals surface area contributed by atoms with E-state index in [2.05, 4.69) is 15.7 Å². The lowest BCUT2D eigenvalue weighted by Gasteiger charge is -2.22. The van der Waals surface area contributed by atoms with E-state index in [1.54, 1.807) is 4.68 Å². The summed E-state index contributed by atoms with van der Waals surface area (Å²) in [5.41, 5.74) is 1.61. The maximum atomic E-state index is 12.0. The molecule has 0 spiro atoms. The largest absolute Gasteiger partial charge is 0.350 e. The van der Waals surface area contributed by atoms with Crippen LogP contribution < -0.4 is 10.6 Å². The smallest absolute Gasteiger partial charge is 0.269 e. The first-order chi connectivity index (χ1) is 8.70. The maximum absolute atomic E-state index is 12.0. The van der Waals surface area contributed by atoms with Crippen LogP contribution in [-0.2, 0) is 13.5 Å². The summed E-state index contributed by atoms with van der Waals surface area (Å²) in [6, 6.07) is 1.87. The third-order valence-corrected chi connectivity index (χ3v) is 3.48. The number of piperidine rings is 1. The van der Waals surface area contributed by atoms with Gasteiger partial charge in [-0.2, -0.15) is 5.10 Å². The van der Waals surface area contributed by atoms with Gasteiger partial charge in [0.1, 0.15) is 5.69 Å². The molecule has 1 saturated heterocycles. The van der Waals surface area contributed by atoms with Crippen LogP contribution in [0.25, 0.3) is 0 Å². The molecule has 1 fully saturated rings. The number of amides is 1. The van der Waals surface area contributed by atoms with Gasteiger partial charge in [-0.15, -0.1) is 0 Å². The molecular formula is C13H22N4O. The Labute approximate surface area is 108 Å². The summed E-state index contributed by atoms with van der Waals surface area (Å²) in [6.45, 7) is 4.90. The molecule has 18 heavy (non-hydrogen) atoms. The van der Waals surface area contributed by atoms with E-state index in [9.17, 15) is 4.79 Å². The number of hydrogen-bond acceptors (Lipinski definition) is 3. The molecule has 5 heteroatoms. The second-order valence-electron chi connectivity index (χ2n) is 4.92. The highest BCUT2D eigenvalue weighted by atomic mass is 16.2. The molecule has 1 atom stereocenters. The molecule has 1 aliphatic heterocycles. The van der Waals surface area contributed by atoms with E-state index < -0.39 is 0 Å². The van der Waals surface area contributed by atoms with Crippen LogP contribution >= 0.6 is 0 Å². The zero-order chi connectivity index (χ0) is 13.0. The molecule has 2 heterocycles. The molecule has 1 aromatic rings. The van der Waals surface area contributed by atoms with Gasteiger partial charge in [-0.1, -0.05) is 6.92 Å². The number of aromatic nitrogens is 2. The van der Waals surface area contributed by atoms with Crippen molar-refractivity contribution in [1.29, 1.82) is 0 Å². The van der Waals surface area contributed by atoms with Gasteiger partial charge in [0.15, 0.2) is 0 Å². The standard InChI is InChI=1S/C13H22N4O/c1-3-11-7-12(17(2)16-11)13(18)15-9-10-5-4-6-14-8-10/h7,10,14H,3-6,8-9H2,1-2H3,(H,15,18). The number of hydrogen-bond donors (Lipinski definition) is 2. The topological polar surface area (TPSA) is 59.0 Å². The molecular weight excluding hydrogens is 228 g/mol. The van der Waals surface area contributed by atoms with Crippen molar-refractivity contribution in [3.8, 4) is 0 Å². The number of aryl methyl sites for hydroxylation is 2. The average molecular weight is 250 g/mol. The van der Waals surface area contributed by atoms with Crippen molar-refractivity contribution in [1.82, 2.24) is 20.4 Å². The summed E-state index contributed by atoms with van der Waals surface area (Å²) < 4.78 is 1.66. The number of carbonyl (C=O) groups is 1. The minimum atomic E-state index is -0.0183. The lowest BCUT2D eigenvalue weighted by Crippen LogP contribution is -2.38. The Kier molecular flexibility index (Phi) is 4.36. The average Bonchev–Trinajstić information content (AvgIpc) is 2.78. The highest BCUT2D eigenvalue weighted by Gasteiger charge is 2.16. The predicted octanol–water partition coefficient (Wildman–Crippen LogP) is 0.712. The molecule has 2 rings (SSSR count). The van der Waals surface area contributed by atoms with E-state index in [0.29, 0.717) is 11.6 Å². The zero-order valence-electron chi connectivity index (χ0n) is 11.2. The molecule has 1 amide bonds. The lowest BCUT2D eigenvalue weighted by atomic mass is 10.00. The lowest BCUT2D eigenvalue weighted by molar-refractivity contribution is 0.0935. The summed E-state index contributed by atoms with van der Waals surface area (Å²) in [4.78, 5) is 12.0. The Bertz CT molecular complexity index is 407. The van der Waals surface area contributed by atoms with Crippen molar-refractivity contribution < 1.29 is 4.79 Å². The van der Waals surface area contributed by atoms with Crippen LogP contribution in [-0.4, -0.2) is 35.3 Å². The van der Waals surface area contributed by atoms with Gasteiger partial charge in [0, 0.05) is 13.6 Å². The third-order valence-electron chi connectivity index (χ3n) is 3.48. The van der Waals surface area contributed by atoms with Crippen LogP contribution in [0, 0.1) is 5.92 Å². The third kappa shape index (κ3) is 3.10. The Morgan fingerprint density at radius 2 is 2.50 bits per heavy atom. The molecule has 1 aliphatic rings. The Balaban J connectivity index is 1.88. The first kappa shape index (κ1) is 13.1. The van der Waals surface area contributed by atoms with E-state index in [0.717, 1.165) is 31.7 Å². The normalized spacial score (nSPS) is 19.8. The highest BCUT2D eigenvalue weighted by Crippen LogP contribution is 2.09. The fourth-order valence-corrected chi connectivity index (χ4v) is 2.34. The molecule has 1 unspecified atom stereocenters. The van der Waals surface area contributed by atoms with Crippen molar-refractivity contribution in [2.45, 2.75) is 26.2 Å². The van der Waals surface area contributed by atoms with Gasteiger partial charge >= 0.3 is 0 Å². The second-order valence-corrected chi connectivity index (χ2v) is 4.92. The maximum Gasteiger partial charge on any atom is 0.269 e. The minimum Gasteiger partial charge on any atom is -0.350 e. The molecule has 0 bridgehead atoms. The van der Waals surface area contributed by atoms with E-state index in [-0.39, 0.29) is 5.91 Å². The number of nitrogens with one attached hydrogen (secondary N) is 2. The van der Waals surface area contributed by atoms with E-state index in [1.165, 1.54) is 12.8 Å². The Morgan fingerprint density at radius 1 is 1.67 bits per heavy atom.